The van der Waals surface area contributed by atoms with Gasteiger partial charge in [0.05, 0.1) is 5.69 Å². The molecule has 114 valence electrons. The van der Waals surface area contributed by atoms with Gasteiger partial charge in [0.15, 0.2) is 0 Å². The second kappa shape index (κ2) is 7.05. The average Bonchev–Trinajstić information content (AvgIpc) is 2.73. The first-order valence-corrected chi connectivity index (χ1v) is 7.57. The maximum absolute atomic E-state index is 13.2. The molecule has 0 radical (unpaired) electrons. The molecule has 1 unspecified atom stereocenters. The van der Waals surface area contributed by atoms with Crippen molar-refractivity contribution in [2.75, 3.05) is 6.54 Å². The van der Waals surface area contributed by atoms with Crippen LogP contribution in [0.4, 0.5) is 4.39 Å². The number of aromatic nitrogens is 2. The van der Waals surface area contributed by atoms with Gasteiger partial charge in [0.2, 0.25) is 0 Å². The van der Waals surface area contributed by atoms with E-state index in [0.29, 0.717) is 5.02 Å². The number of benzene rings is 1. The van der Waals surface area contributed by atoms with E-state index in [1.54, 1.807) is 6.07 Å². The maximum Gasteiger partial charge on any atom is 0.124 e. The molecule has 0 amide bonds. The molecule has 0 aliphatic carbocycles. The van der Waals surface area contributed by atoms with Gasteiger partial charge in [0, 0.05) is 30.2 Å². The van der Waals surface area contributed by atoms with Crippen LogP contribution in [0.25, 0.3) is 0 Å². The predicted molar refractivity (Wildman–Crippen MR) is 84.1 cm³/mol. The highest BCUT2D eigenvalue weighted by Gasteiger charge is 2.17. The summed E-state index contributed by atoms with van der Waals surface area (Å²) >= 11 is 6.21. The highest BCUT2D eigenvalue weighted by atomic mass is 35.5. The smallest absolute Gasteiger partial charge is 0.124 e. The van der Waals surface area contributed by atoms with Crippen molar-refractivity contribution in [3.05, 3.63) is 52.1 Å². The topological polar surface area (TPSA) is 29.9 Å². The number of halogens is 2. The molecule has 1 atom stereocenters. The first-order chi connectivity index (χ1) is 10.0. The lowest BCUT2D eigenvalue weighted by atomic mass is 10.0. The number of nitrogens with one attached hydrogen (secondary N) is 1. The molecule has 0 saturated heterocycles. The zero-order valence-electron chi connectivity index (χ0n) is 12.7. The third-order valence-corrected chi connectivity index (χ3v) is 3.82. The minimum absolute atomic E-state index is 0.0489. The molecule has 21 heavy (non-hydrogen) atoms. The Balaban J connectivity index is 2.27. The summed E-state index contributed by atoms with van der Waals surface area (Å²) < 4.78 is 15.1. The monoisotopic (exact) mass is 309 g/mol. The number of rotatable bonds is 6. The fourth-order valence-electron chi connectivity index (χ4n) is 2.46. The van der Waals surface area contributed by atoms with E-state index in [0.717, 1.165) is 36.3 Å². The molecule has 2 aromatic rings. The Kier molecular flexibility index (Phi) is 5.37. The van der Waals surface area contributed by atoms with Gasteiger partial charge in [-0.25, -0.2) is 4.39 Å². The van der Waals surface area contributed by atoms with Crippen molar-refractivity contribution in [2.45, 2.75) is 32.7 Å². The van der Waals surface area contributed by atoms with Gasteiger partial charge in [-0.1, -0.05) is 24.6 Å². The van der Waals surface area contributed by atoms with Crippen molar-refractivity contribution in [3.63, 3.8) is 0 Å². The van der Waals surface area contributed by atoms with Gasteiger partial charge in [-0.2, -0.15) is 5.10 Å². The lowest BCUT2D eigenvalue weighted by molar-refractivity contribution is 0.511. The Hall–Kier alpha value is -1.39. The quantitative estimate of drug-likeness (QED) is 0.879. The van der Waals surface area contributed by atoms with Crippen LogP contribution < -0.4 is 5.32 Å². The predicted octanol–water partition coefficient (Wildman–Crippen LogP) is 3.80. The number of nitrogens with zero attached hydrogens (tertiary/aromatic N) is 2. The first kappa shape index (κ1) is 16.0. The molecule has 1 N–H and O–H groups in total. The molecule has 2 rings (SSSR count). The third kappa shape index (κ3) is 4.05. The van der Waals surface area contributed by atoms with E-state index in [-0.39, 0.29) is 11.9 Å². The van der Waals surface area contributed by atoms with E-state index < -0.39 is 0 Å². The zero-order chi connectivity index (χ0) is 15.4. The summed E-state index contributed by atoms with van der Waals surface area (Å²) in [6, 6.07) is 6.70. The lowest BCUT2D eigenvalue weighted by Gasteiger charge is -2.20. The Morgan fingerprint density at radius 3 is 2.71 bits per heavy atom. The van der Waals surface area contributed by atoms with Gasteiger partial charge in [-0.3, -0.25) is 4.68 Å². The van der Waals surface area contributed by atoms with Crippen molar-refractivity contribution >= 4 is 11.6 Å². The van der Waals surface area contributed by atoms with Crippen LogP contribution in [0, 0.1) is 12.7 Å². The highest BCUT2D eigenvalue weighted by Crippen LogP contribution is 2.26. The van der Waals surface area contributed by atoms with E-state index in [1.807, 2.05) is 18.7 Å². The maximum atomic E-state index is 13.2. The fourth-order valence-corrected chi connectivity index (χ4v) is 2.76. The SMILES string of the molecule is CCCNC(Cc1cc(C)nn1C)c1ccc(F)cc1Cl. The van der Waals surface area contributed by atoms with Crippen molar-refractivity contribution in [3.8, 4) is 0 Å². The van der Waals surface area contributed by atoms with Crippen molar-refractivity contribution in [1.82, 2.24) is 15.1 Å². The van der Waals surface area contributed by atoms with Crippen molar-refractivity contribution < 1.29 is 4.39 Å². The molecule has 0 aliphatic rings. The van der Waals surface area contributed by atoms with Crippen LogP contribution in [0.2, 0.25) is 5.02 Å². The van der Waals surface area contributed by atoms with Crippen LogP contribution in [-0.2, 0) is 13.5 Å². The summed E-state index contributed by atoms with van der Waals surface area (Å²) in [6.45, 7) is 4.97. The molecular weight excluding hydrogens is 289 g/mol. The minimum Gasteiger partial charge on any atom is -0.310 e. The molecule has 1 aromatic heterocycles. The summed E-state index contributed by atoms with van der Waals surface area (Å²) in [7, 11) is 1.94. The molecule has 0 spiro atoms. The van der Waals surface area contributed by atoms with Crippen molar-refractivity contribution in [1.29, 1.82) is 0 Å². The summed E-state index contributed by atoms with van der Waals surface area (Å²) in [5.41, 5.74) is 3.04. The van der Waals surface area contributed by atoms with E-state index >= 15 is 0 Å². The fraction of sp³-hybridized carbons (Fsp3) is 0.438. The number of hydrogen-bond donors (Lipinski definition) is 1. The van der Waals surface area contributed by atoms with Crippen LogP contribution in [-0.4, -0.2) is 16.3 Å². The summed E-state index contributed by atoms with van der Waals surface area (Å²) in [6.07, 6.45) is 1.79. The third-order valence-electron chi connectivity index (χ3n) is 3.49. The summed E-state index contributed by atoms with van der Waals surface area (Å²) in [4.78, 5) is 0. The molecule has 0 fully saturated rings. The van der Waals surface area contributed by atoms with Crippen LogP contribution in [0.15, 0.2) is 24.3 Å². The van der Waals surface area contributed by atoms with Gasteiger partial charge in [0.25, 0.3) is 0 Å². The average molecular weight is 310 g/mol. The lowest BCUT2D eigenvalue weighted by Crippen LogP contribution is -2.25. The summed E-state index contributed by atoms with van der Waals surface area (Å²) in [5, 5.41) is 8.31. The normalized spacial score (nSPS) is 12.6. The van der Waals surface area contributed by atoms with Gasteiger partial charge in [0.1, 0.15) is 5.82 Å². The molecule has 1 aromatic carbocycles. The van der Waals surface area contributed by atoms with Crippen LogP contribution >= 0.6 is 11.6 Å². The molecule has 1 heterocycles. The number of hydrogen-bond acceptors (Lipinski definition) is 2. The van der Waals surface area contributed by atoms with E-state index in [2.05, 4.69) is 23.4 Å². The van der Waals surface area contributed by atoms with Crippen LogP contribution in [0.5, 0.6) is 0 Å². The number of aryl methyl sites for hydroxylation is 2. The minimum atomic E-state index is -0.311. The summed E-state index contributed by atoms with van der Waals surface area (Å²) in [5.74, 6) is -0.311. The molecule has 0 aliphatic heterocycles. The standard InChI is InChI=1S/C16H21ClFN3/c1-4-7-19-16(10-13-8-11(2)20-21(13)3)14-6-5-12(18)9-15(14)17/h5-6,8-9,16,19H,4,7,10H2,1-3H3. The Bertz CT molecular complexity index is 610. The largest absolute Gasteiger partial charge is 0.310 e. The second-order valence-electron chi connectivity index (χ2n) is 5.28. The van der Waals surface area contributed by atoms with E-state index in [1.165, 1.54) is 12.1 Å². The molecule has 3 nitrogen and oxygen atoms in total. The Labute approximate surface area is 130 Å². The van der Waals surface area contributed by atoms with Crippen molar-refractivity contribution in [2.24, 2.45) is 7.05 Å². The van der Waals surface area contributed by atoms with Gasteiger partial charge in [-0.15, -0.1) is 0 Å². The molecule has 5 heteroatoms. The molecule has 0 bridgehead atoms. The highest BCUT2D eigenvalue weighted by molar-refractivity contribution is 6.31. The Morgan fingerprint density at radius 1 is 1.38 bits per heavy atom. The second-order valence-corrected chi connectivity index (χ2v) is 5.68. The molecular formula is C16H21ClFN3. The van der Waals surface area contributed by atoms with Crippen LogP contribution in [0.1, 0.15) is 36.3 Å². The zero-order valence-corrected chi connectivity index (χ0v) is 13.4. The van der Waals surface area contributed by atoms with Crippen LogP contribution in [0.3, 0.4) is 0 Å². The van der Waals surface area contributed by atoms with Gasteiger partial charge < -0.3 is 5.32 Å². The Morgan fingerprint density at radius 2 is 2.14 bits per heavy atom. The van der Waals surface area contributed by atoms with E-state index in [4.69, 9.17) is 11.6 Å². The molecule has 0 saturated carbocycles. The van der Waals surface area contributed by atoms with Gasteiger partial charge in [-0.05, 0) is 43.7 Å². The first-order valence-electron chi connectivity index (χ1n) is 7.19. The van der Waals surface area contributed by atoms with Gasteiger partial charge >= 0.3 is 0 Å². The van der Waals surface area contributed by atoms with E-state index in [9.17, 15) is 4.39 Å².